The van der Waals surface area contributed by atoms with Gasteiger partial charge in [0.1, 0.15) is 0 Å². The van der Waals surface area contributed by atoms with Crippen molar-refractivity contribution in [2.45, 2.75) is 6.42 Å². The molecule has 0 aromatic heterocycles. The van der Waals surface area contributed by atoms with Crippen molar-refractivity contribution in [1.29, 1.82) is 5.26 Å². The van der Waals surface area contributed by atoms with Crippen LogP contribution in [0.4, 0.5) is 0 Å². The summed E-state index contributed by atoms with van der Waals surface area (Å²) in [5.74, 6) is -0.408. The molecule has 0 N–H and O–H groups in total. The molecule has 1 aromatic rings. The van der Waals surface area contributed by atoms with E-state index in [1.54, 1.807) is 18.2 Å². The topological polar surface area (TPSA) is 50.1 Å². The van der Waals surface area contributed by atoms with Crippen LogP contribution in [0.3, 0.4) is 0 Å². The number of halogens is 1. The average Bonchev–Trinajstić information content (AvgIpc) is 2.20. The van der Waals surface area contributed by atoms with Crippen molar-refractivity contribution in [2.24, 2.45) is 0 Å². The average molecular weight is 210 g/mol. The van der Waals surface area contributed by atoms with Crippen LogP contribution in [-0.2, 0) is 16.0 Å². The maximum Gasteiger partial charge on any atom is 0.310 e. The number of esters is 1. The molecule has 14 heavy (non-hydrogen) atoms. The Morgan fingerprint density at radius 2 is 2.36 bits per heavy atom. The van der Waals surface area contributed by atoms with E-state index in [0.29, 0.717) is 16.1 Å². The summed E-state index contributed by atoms with van der Waals surface area (Å²) < 4.78 is 4.50. The molecule has 72 valence electrons. The third-order valence-electron chi connectivity index (χ3n) is 1.79. The van der Waals surface area contributed by atoms with Gasteiger partial charge in [-0.3, -0.25) is 4.79 Å². The molecular weight excluding hydrogens is 202 g/mol. The first kappa shape index (κ1) is 10.6. The van der Waals surface area contributed by atoms with Gasteiger partial charge in [-0.25, -0.2) is 0 Å². The monoisotopic (exact) mass is 209 g/mol. The predicted molar refractivity (Wildman–Crippen MR) is 51.9 cm³/mol. The van der Waals surface area contributed by atoms with E-state index in [2.05, 4.69) is 4.74 Å². The zero-order valence-corrected chi connectivity index (χ0v) is 8.34. The molecule has 0 heterocycles. The summed E-state index contributed by atoms with van der Waals surface area (Å²) in [6.07, 6.45) is 0.0269. The standard InChI is InChI=1S/C10H8ClNO2/c1-14-10(13)5-8-7(6-12)3-2-4-9(8)11/h2-4H,5H2,1H3. The van der Waals surface area contributed by atoms with E-state index in [1.165, 1.54) is 7.11 Å². The third-order valence-corrected chi connectivity index (χ3v) is 2.14. The second kappa shape index (κ2) is 4.64. The molecule has 0 bridgehead atoms. The molecule has 0 saturated carbocycles. The number of rotatable bonds is 2. The highest BCUT2D eigenvalue weighted by molar-refractivity contribution is 6.31. The molecule has 0 aliphatic rings. The van der Waals surface area contributed by atoms with E-state index < -0.39 is 5.97 Å². The summed E-state index contributed by atoms with van der Waals surface area (Å²) in [6.45, 7) is 0. The largest absolute Gasteiger partial charge is 0.469 e. The van der Waals surface area contributed by atoms with Crippen molar-refractivity contribution in [3.63, 3.8) is 0 Å². The Kier molecular flexibility index (Phi) is 3.49. The van der Waals surface area contributed by atoms with Crippen LogP contribution in [0.5, 0.6) is 0 Å². The van der Waals surface area contributed by atoms with Crippen LogP contribution in [0.1, 0.15) is 11.1 Å². The van der Waals surface area contributed by atoms with Crippen molar-refractivity contribution in [3.8, 4) is 6.07 Å². The van der Waals surface area contributed by atoms with Gasteiger partial charge < -0.3 is 4.74 Å². The number of methoxy groups -OCH3 is 1. The Hall–Kier alpha value is -1.53. The van der Waals surface area contributed by atoms with Crippen LogP contribution in [0, 0.1) is 11.3 Å². The van der Waals surface area contributed by atoms with Gasteiger partial charge in [-0.05, 0) is 17.7 Å². The normalized spacial score (nSPS) is 9.21. The molecule has 0 aliphatic carbocycles. The molecular formula is C10H8ClNO2. The Balaban J connectivity index is 3.06. The molecule has 0 saturated heterocycles. The van der Waals surface area contributed by atoms with Crippen molar-refractivity contribution in [1.82, 2.24) is 0 Å². The number of carbonyl (C=O) groups excluding carboxylic acids is 1. The fraction of sp³-hybridized carbons (Fsp3) is 0.200. The van der Waals surface area contributed by atoms with Gasteiger partial charge in [0.05, 0.1) is 25.2 Å². The smallest absolute Gasteiger partial charge is 0.310 e. The number of nitrogens with zero attached hydrogens (tertiary/aromatic N) is 1. The summed E-state index contributed by atoms with van der Waals surface area (Å²) in [5.41, 5.74) is 0.923. The van der Waals surface area contributed by atoms with Crippen LogP contribution in [0.2, 0.25) is 5.02 Å². The van der Waals surface area contributed by atoms with E-state index in [9.17, 15) is 4.79 Å². The van der Waals surface area contributed by atoms with Crippen LogP contribution >= 0.6 is 11.6 Å². The highest BCUT2D eigenvalue weighted by atomic mass is 35.5. The van der Waals surface area contributed by atoms with Gasteiger partial charge in [-0.15, -0.1) is 0 Å². The fourth-order valence-corrected chi connectivity index (χ4v) is 1.30. The molecule has 3 nitrogen and oxygen atoms in total. The number of nitriles is 1. The third kappa shape index (κ3) is 2.24. The first-order valence-corrected chi connectivity index (χ1v) is 4.31. The lowest BCUT2D eigenvalue weighted by molar-refractivity contribution is -0.139. The van der Waals surface area contributed by atoms with Crippen molar-refractivity contribution >= 4 is 17.6 Å². The molecule has 0 unspecified atom stereocenters. The van der Waals surface area contributed by atoms with Gasteiger partial charge in [0.15, 0.2) is 0 Å². The lowest BCUT2D eigenvalue weighted by atomic mass is 10.1. The maximum atomic E-state index is 11.0. The van der Waals surface area contributed by atoms with Crippen molar-refractivity contribution in [2.75, 3.05) is 7.11 Å². The minimum atomic E-state index is -0.408. The highest BCUT2D eigenvalue weighted by Gasteiger charge is 2.11. The molecule has 0 radical (unpaired) electrons. The number of hydrogen-bond donors (Lipinski definition) is 0. The molecule has 1 rings (SSSR count). The van der Waals surface area contributed by atoms with Gasteiger partial charge in [-0.2, -0.15) is 5.26 Å². The lowest BCUT2D eigenvalue weighted by Gasteiger charge is -2.04. The molecule has 4 heteroatoms. The van der Waals surface area contributed by atoms with Gasteiger partial charge in [0.25, 0.3) is 0 Å². The SMILES string of the molecule is COC(=O)Cc1c(Cl)cccc1C#N. The number of hydrogen-bond acceptors (Lipinski definition) is 3. The Labute approximate surface area is 86.9 Å². The molecule has 1 aromatic carbocycles. The van der Waals surface area contributed by atoms with E-state index in [-0.39, 0.29) is 6.42 Å². The first-order valence-electron chi connectivity index (χ1n) is 3.93. The summed E-state index contributed by atoms with van der Waals surface area (Å²) >= 11 is 5.85. The van der Waals surface area contributed by atoms with E-state index >= 15 is 0 Å². The Morgan fingerprint density at radius 3 is 2.93 bits per heavy atom. The molecule has 0 aliphatic heterocycles. The summed E-state index contributed by atoms with van der Waals surface area (Å²) in [6, 6.07) is 6.90. The predicted octanol–water partition coefficient (Wildman–Crippen LogP) is 1.93. The van der Waals surface area contributed by atoms with Gasteiger partial charge in [0.2, 0.25) is 0 Å². The van der Waals surface area contributed by atoms with Crippen molar-refractivity contribution in [3.05, 3.63) is 34.3 Å². The minimum Gasteiger partial charge on any atom is -0.469 e. The van der Waals surface area contributed by atoms with E-state index in [0.717, 1.165) is 0 Å². The number of benzene rings is 1. The van der Waals surface area contributed by atoms with Gasteiger partial charge in [-0.1, -0.05) is 17.7 Å². The zero-order valence-electron chi connectivity index (χ0n) is 7.58. The number of ether oxygens (including phenoxy) is 1. The maximum absolute atomic E-state index is 11.0. The molecule has 0 spiro atoms. The van der Waals surface area contributed by atoms with Crippen LogP contribution in [0.25, 0.3) is 0 Å². The molecule has 0 fully saturated rings. The van der Waals surface area contributed by atoms with Crippen LogP contribution in [-0.4, -0.2) is 13.1 Å². The Bertz CT molecular complexity index is 396. The van der Waals surface area contributed by atoms with Gasteiger partial charge >= 0.3 is 5.97 Å². The first-order chi connectivity index (χ1) is 6.69. The quantitative estimate of drug-likeness (QED) is 0.700. The van der Waals surface area contributed by atoms with E-state index in [4.69, 9.17) is 16.9 Å². The Morgan fingerprint density at radius 1 is 1.64 bits per heavy atom. The summed E-state index contributed by atoms with van der Waals surface area (Å²) in [7, 11) is 1.30. The summed E-state index contributed by atoms with van der Waals surface area (Å²) in [5, 5.41) is 9.18. The molecule has 0 atom stereocenters. The summed E-state index contributed by atoms with van der Waals surface area (Å²) in [4.78, 5) is 11.0. The number of carbonyl (C=O) groups is 1. The van der Waals surface area contributed by atoms with E-state index in [1.807, 2.05) is 6.07 Å². The van der Waals surface area contributed by atoms with Crippen LogP contribution < -0.4 is 0 Å². The minimum absolute atomic E-state index is 0.0269. The van der Waals surface area contributed by atoms with Crippen LogP contribution in [0.15, 0.2) is 18.2 Å². The van der Waals surface area contributed by atoms with Gasteiger partial charge in [0, 0.05) is 5.02 Å². The second-order valence-corrected chi connectivity index (χ2v) is 3.04. The molecule has 0 amide bonds. The highest BCUT2D eigenvalue weighted by Crippen LogP contribution is 2.20. The van der Waals surface area contributed by atoms with Crippen molar-refractivity contribution < 1.29 is 9.53 Å². The lowest BCUT2D eigenvalue weighted by Crippen LogP contribution is -2.06. The zero-order chi connectivity index (χ0) is 10.6. The second-order valence-electron chi connectivity index (χ2n) is 2.63. The fourth-order valence-electron chi connectivity index (χ4n) is 1.06.